The molecular weight excluding hydrogens is 264 g/mol. The van der Waals surface area contributed by atoms with Gasteiger partial charge in [-0.1, -0.05) is 0 Å². The number of amides is 1. The van der Waals surface area contributed by atoms with Crippen molar-refractivity contribution in [2.24, 2.45) is 5.73 Å². The van der Waals surface area contributed by atoms with Crippen molar-refractivity contribution in [3.05, 3.63) is 18.2 Å². The number of fused-ring (bicyclic) bond motifs is 1. The maximum absolute atomic E-state index is 12.1. The predicted molar refractivity (Wildman–Crippen MR) is 67.7 cm³/mol. The highest BCUT2D eigenvalue weighted by molar-refractivity contribution is 5.82. The van der Waals surface area contributed by atoms with Gasteiger partial charge in [-0.05, 0) is 0 Å². The minimum Gasteiger partial charge on any atom is -0.388 e. The third kappa shape index (κ3) is 2.55. The van der Waals surface area contributed by atoms with Crippen molar-refractivity contribution in [2.45, 2.75) is 36.8 Å². The maximum Gasteiger partial charge on any atom is 0.237 e. The summed E-state index contributed by atoms with van der Waals surface area (Å²) in [5.41, 5.74) is 6.67. The number of H-pyrrole nitrogens is 1. The number of hydrogen-bond acceptors (Lipinski definition) is 6. The molecule has 0 saturated carbocycles. The van der Waals surface area contributed by atoms with E-state index in [4.69, 9.17) is 15.2 Å². The lowest BCUT2D eigenvalue weighted by Crippen LogP contribution is -2.50. The molecule has 5 atom stereocenters. The number of carbonyl (C=O) groups is 1. The van der Waals surface area contributed by atoms with Crippen LogP contribution >= 0.6 is 0 Å². The average Bonchev–Trinajstić information content (AvgIpc) is 3.11. The van der Waals surface area contributed by atoms with E-state index >= 15 is 0 Å². The monoisotopic (exact) mass is 282 g/mol. The van der Waals surface area contributed by atoms with Gasteiger partial charge in [0.05, 0.1) is 31.6 Å². The minimum atomic E-state index is -0.666. The number of aliphatic hydroxyl groups is 1. The molecule has 110 valence electrons. The summed E-state index contributed by atoms with van der Waals surface area (Å²) in [6.45, 7) is 0.566. The van der Waals surface area contributed by atoms with Crippen molar-refractivity contribution in [3.8, 4) is 0 Å². The molecule has 0 unspecified atom stereocenters. The molecule has 0 radical (unpaired) electrons. The van der Waals surface area contributed by atoms with Gasteiger partial charge in [0.15, 0.2) is 0 Å². The van der Waals surface area contributed by atoms with Crippen LogP contribution in [0.2, 0.25) is 0 Å². The molecule has 2 fully saturated rings. The predicted octanol–water partition coefficient (Wildman–Crippen LogP) is -2.08. The summed E-state index contributed by atoms with van der Waals surface area (Å²) < 4.78 is 10.9. The Kier molecular flexibility index (Phi) is 3.70. The summed E-state index contributed by atoms with van der Waals surface area (Å²) in [5.74, 6) is -0.265. The number of ether oxygens (including phenoxy) is 2. The van der Waals surface area contributed by atoms with E-state index < -0.39 is 12.1 Å². The first-order chi connectivity index (χ1) is 9.65. The second-order valence-corrected chi connectivity index (χ2v) is 5.17. The Hall–Kier alpha value is -1.48. The fraction of sp³-hybridized carbons (Fsp3) is 0.667. The van der Waals surface area contributed by atoms with Crippen LogP contribution in [0.4, 0.5) is 0 Å². The summed E-state index contributed by atoms with van der Waals surface area (Å²) in [7, 11) is 0. The maximum atomic E-state index is 12.1. The van der Waals surface area contributed by atoms with E-state index in [-0.39, 0.29) is 30.8 Å². The van der Waals surface area contributed by atoms with Crippen LogP contribution in [0, 0.1) is 0 Å². The van der Waals surface area contributed by atoms with Gasteiger partial charge in [0.1, 0.15) is 18.3 Å². The van der Waals surface area contributed by atoms with Gasteiger partial charge in [-0.15, -0.1) is 0 Å². The molecule has 2 aliphatic heterocycles. The Morgan fingerprint density at radius 1 is 1.55 bits per heavy atom. The van der Waals surface area contributed by atoms with E-state index in [0.29, 0.717) is 13.0 Å². The van der Waals surface area contributed by atoms with Crippen LogP contribution in [-0.2, 0) is 20.7 Å². The SMILES string of the molecule is N[C@@H](Cc1cnc[nH]1)C(=O)N[C@@H]1CO[C@H]2[C@@H]1OC[C@H]2O. The fourth-order valence-electron chi connectivity index (χ4n) is 2.62. The molecule has 0 bridgehead atoms. The number of nitrogens with one attached hydrogen (secondary N) is 2. The Morgan fingerprint density at radius 3 is 3.10 bits per heavy atom. The van der Waals surface area contributed by atoms with Crippen molar-refractivity contribution >= 4 is 5.91 Å². The molecule has 5 N–H and O–H groups in total. The third-order valence-corrected chi connectivity index (χ3v) is 3.69. The molecule has 1 aromatic rings. The van der Waals surface area contributed by atoms with Crippen molar-refractivity contribution in [3.63, 3.8) is 0 Å². The smallest absolute Gasteiger partial charge is 0.237 e. The topological polar surface area (TPSA) is 122 Å². The number of nitrogens with two attached hydrogens (primary N) is 1. The summed E-state index contributed by atoms with van der Waals surface area (Å²) >= 11 is 0. The normalized spacial score (nSPS) is 33.9. The van der Waals surface area contributed by atoms with Crippen LogP contribution in [-0.4, -0.2) is 64.6 Å². The highest BCUT2D eigenvalue weighted by atomic mass is 16.6. The Bertz CT molecular complexity index is 466. The molecular formula is C12H18N4O4. The van der Waals surface area contributed by atoms with Crippen molar-refractivity contribution in [1.29, 1.82) is 0 Å². The quantitative estimate of drug-likeness (QED) is 0.503. The molecule has 3 rings (SSSR count). The van der Waals surface area contributed by atoms with E-state index in [2.05, 4.69) is 15.3 Å². The van der Waals surface area contributed by atoms with Crippen LogP contribution in [0.3, 0.4) is 0 Å². The summed E-state index contributed by atoms with van der Waals surface area (Å²) in [5, 5.41) is 12.5. The molecule has 0 aromatic carbocycles. The van der Waals surface area contributed by atoms with Gasteiger partial charge >= 0.3 is 0 Å². The number of aromatic nitrogens is 2. The van der Waals surface area contributed by atoms with Gasteiger partial charge in [0.25, 0.3) is 0 Å². The number of carbonyl (C=O) groups excluding carboxylic acids is 1. The number of aliphatic hydroxyl groups excluding tert-OH is 1. The van der Waals surface area contributed by atoms with Gasteiger partial charge in [-0.2, -0.15) is 0 Å². The summed E-state index contributed by atoms with van der Waals surface area (Å²) in [6, 6.07) is -0.932. The van der Waals surface area contributed by atoms with E-state index in [0.717, 1.165) is 5.69 Å². The molecule has 3 heterocycles. The van der Waals surface area contributed by atoms with Crippen LogP contribution in [0.15, 0.2) is 12.5 Å². The number of aromatic amines is 1. The number of nitrogens with zero attached hydrogens (tertiary/aromatic N) is 1. The number of rotatable bonds is 4. The summed E-state index contributed by atoms with van der Waals surface area (Å²) in [4.78, 5) is 18.8. The molecule has 0 aliphatic carbocycles. The van der Waals surface area contributed by atoms with Crippen molar-refractivity contribution in [2.75, 3.05) is 13.2 Å². The van der Waals surface area contributed by atoms with Crippen molar-refractivity contribution in [1.82, 2.24) is 15.3 Å². The van der Waals surface area contributed by atoms with Crippen LogP contribution < -0.4 is 11.1 Å². The number of hydrogen-bond donors (Lipinski definition) is 4. The molecule has 0 spiro atoms. The van der Waals surface area contributed by atoms with E-state index in [1.54, 1.807) is 12.5 Å². The molecule has 2 saturated heterocycles. The van der Waals surface area contributed by atoms with Gasteiger partial charge in [-0.3, -0.25) is 4.79 Å². The van der Waals surface area contributed by atoms with Gasteiger partial charge in [0, 0.05) is 18.3 Å². The van der Waals surface area contributed by atoms with Crippen LogP contribution in [0.5, 0.6) is 0 Å². The lowest BCUT2D eigenvalue weighted by Gasteiger charge is -2.19. The largest absolute Gasteiger partial charge is 0.388 e. The lowest BCUT2D eigenvalue weighted by atomic mass is 10.1. The Morgan fingerprint density at radius 2 is 2.35 bits per heavy atom. The Balaban J connectivity index is 1.54. The number of imidazole rings is 1. The molecule has 8 heteroatoms. The van der Waals surface area contributed by atoms with E-state index in [1.165, 1.54) is 0 Å². The van der Waals surface area contributed by atoms with E-state index in [9.17, 15) is 9.90 Å². The first-order valence-electron chi connectivity index (χ1n) is 6.59. The second-order valence-electron chi connectivity index (χ2n) is 5.17. The van der Waals surface area contributed by atoms with Crippen LogP contribution in [0.25, 0.3) is 0 Å². The third-order valence-electron chi connectivity index (χ3n) is 3.69. The molecule has 1 aromatic heterocycles. The minimum absolute atomic E-state index is 0.238. The lowest BCUT2D eigenvalue weighted by molar-refractivity contribution is -0.123. The second kappa shape index (κ2) is 5.49. The van der Waals surface area contributed by atoms with Gasteiger partial charge in [-0.25, -0.2) is 4.98 Å². The zero-order valence-corrected chi connectivity index (χ0v) is 10.9. The molecule has 20 heavy (non-hydrogen) atoms. The molecule has 8 nitrogen and oxygen atoms in total. The van der Waals surface area contributed by atoms with Gasteiger partial charge < -0.3 is 30.6 Å². The zero-order valence-electron chi connectivity index (χ0n) is 10.9. The standard InChI is InChI=1S/C12H18N4O4/c13-7(1-6-2-14-5-15-6)12(18)16-8-3-19-11-9(17)4-20-10(8)11/h2,5,7-11,17H,1,3-4,13H2,(H,14,15)(H,16,18)/t7-,8+,9+,10+,11+/m0/s1. The van der Waals surface area contributed by atoms with Crippen LogP contribution in [0.1, 0.15) is 5.69 Å². The van der Waals surface area contributed by atoms with Gasteiger partial charge in [0.2, 0.25) is 5.91 Å². The highest BCUT2D eigenvalue weighted by Gasteiger charge is 2.47. The first-order valence-corrected chi connectivity index (χ1v) is 6.59. The zero-order chi connectivity index (χ0) is 14.1. The molecule has 1 amide bonds. The Labute approximate surface area is 115 Å². The fourth-order valence-corrected chi connectivity index (χ4v) is 2.62. The molecule has 2 aliphatic rings. The highest BCUT2D eigenvalue weighted by Crippen LogP contribution is 2.26. The van der Waals surface area contributed by atoms with E-state index in [1.807, 2.05) is 0 Å². The average molecular weight is 282 g/mol. The van der Waals surface area contributed by atoms with Crippen molar-refractivity contribution < 1.29 is 19.4 Å². The first kappa shape index (κ1) is 13.5. The summed E-state index contributed by atoms with van der Waals surface area (Å²) in [6.07, 6.45) is 2.29.